The molecule has 0 saturated heterocycles. The van der Waals surface area contributed by atoms with E-state index in [9.17, 15) is 10.1 Å². The van der Waals surface area contributed by atoms with Crippen LogP contribution in [0.15, 0.2) is 18.2 Å². The highest BCUT2D eigenvalue weighted by Crippen LogP contribution is 2.30. The van der Waals surface area contributed by atoms with Crippen LogP contribution in [0.4, 0.5) is 5.69 Å². The zero-order valence-electron chi connectivity index (χ0n) is 12.3. The number of nitro groups is 1. The van der Waals surface area contributed by atoms with Gasteiger partial charge in [0, 0.05) is 17.7 Å². The number of aromatic nitrogens is 2. The molecule has 1 N–H and O–H groups in total. The van der Waals surface area contributed by atoms with Crippen molar-refractivity contribution in [3.8, 4) is 10.6 Å². The van der Waals surface area contributed by atoms with Crippen molar-refractivity contribution in [3.05, 3.63) is 38.9 Å². The minimum atomic E-state index is -0.385. The summed E-state index contributed by atoms with van der Waals surface area (Å²) in [6.07, 6.45) is 1.06. The van der Waals surface area contributed by atoms with Crippen LogP contribution in [-0.2, 0) is 0 Å². The van der Waals surface area contributed by atoms with Crippen molar-refractivity contribution in [1.82, 2.24) is 15.5 Å². The number of nitrogens with zero attached hydrogens (tertiary/aromatic N) is 3. The maximum absolute atomic E-state index is 10.9. The fraction of sp³-hybridized carbons (Fsp3) is 0.429. The Balaban J connectivity index is 2.27. The molecule has 0 fully saturated rings. The van der Waals surface area contributed by atoms with E-state index in [1.54, 1.807) is 12.1 Å². The molecular formula is C14H18N4O2S. The third-order valence-corrected chi connectivity index (χ3v) is 4.19. The maximum Gasteiger partial charge on any atom is 0.270 e. The minimum absolute atomic E-state index is 0.0823. The second-order valence-electron chi connectivity index (χ2n) is 4.94. The molecule has 1 unspecified atom stereocenters. The van der Waals surface area contributed by atoms with E-state index in [2.05, 4.69) is 22.4 Å². The fourth-order valence-electron chi connectivity index (χ4n) is 1.97. The molecule has 2 rings (SSSR count). The molecule has 1 atom stereocenters. The van der Waals surface area contributed by atoms with Gasteiger partial charge in [-0.3, -0.25) is 10.1 Å². The molecule has 112 valence electrons. The Labute approximate surface area is 127 Å². The van der Waals surface area contributed by atoms with Crippen LogP contribution in [0.1, 0.15) is 36.9 Å². The quantitative estimate of drug-likeness (QED) is 0.652. The highest BCUT2D eigenvalue weighted by Gasteiger charge is 2.15. The molecule has 2 aromatic rings. The summed E-state index contributed by atoms with van der Waals surface area (Å²) in [7, 11) is 0. The van der Waals surface area contributed by atoms with Gasteiger partial charge in [-0.1, -0.05) is 18.3 Å². The first-order valence-corrected chi connectivity index (χ1v) is 7.66. The highest BCUT2D eigenvalue weighted by atomic mass is 32.1. The zero-order valence-corrected chi connectivity index (χ0v) is 13.1. The number of benzene rings is 1. The molecule has 1 aromatic carbocycles. The van der Waals surface area contributed by atoms with Crippen LogP contribution in [0.5, 0.6) is 0 Å². The van der Waals surface area contributed by atoms with Gasteiger partial charge in [0.1, 0.15) is 10.0 Å². The van der Waals surface area contributed by atoms with Gasteiger partial charge in [0.05, 0.1) is 11.0 Å². The van der Waals surface area contributed by atoms with Crippen LogP contribution in [0.3, 0.4) is 0 Å². The van der Waals surface area contributed by atoms with Gasteiger partial charge < -0.3 is 5.32 Å². The molecule has 6 nitrogen and oxygen atoms in total. The van der Waals surface area contributed by atoms with Crippen LogP contribution < -0.4 is 5.32 Å². The second-order valence-corrected chi connectivity index (χ2v) is 5.94. The molecule has 1 aromatic heterocycles. The number of nitrogens with one attached hydrogen (secondary N) is 1. The van der Waals surface area contributed by atoms with E-state index in [1.165, 1.54) is 11.3 Å². The van der Waals surface area contributed by atoms with Crippen LogP contribution in [0.25, 0.3) is 10.6 Å². The Kier molecular flexibility index (Phi) is 4.98. The normalized spacial score (nSPS) is 12.3. The van der Waals surface area contributed by atoms with E-state index < -0.39 is 0 Å². The molecule has 1 heterocycles. The number of hydrogen-bond acceptors (Lipinski definition) is 6. The van der Waals surface area contributed by atoms with E-state index in [0.29, 0.717) is 5.01 Å². The lowest BCUT2D eigenvalue weighted by molar-refractivity contribution is -0.384. The van der Waals surface area contributed by atoms with E-state index in [0.717, 1.165) is 29.1 Å². The average molecular weight is 306 g/mol. The molecule has 0 aliphatic heterocycles. The molecule has 0 radical (unpaired) electrons. The highest BCUT2D eigenvalue weighted by molar-refractivity contribution is 7.14. The van der Waals surface area contributed by atoms with Crippen LogP contribution >= 0.6 is 11.3 Å². The smallest absolute Gasteiger partial charge is 0.270 e. The molecule has 0 amide bonds. The SMILES string of the molecule is CCCNC(C)c1nnc(-c2cc(C)cc([N+](=O)[O-])c2)s1. The van der Waals surface area contributed by atoms with Gasteiger partial charge in [-0.25, -0.2) is 0 Å². The average Bonchev–Trinajstić information content (AvgIpc) is 2.94. The van der Waals surface area contributed by atoms with E-state index >= 15 is 0 Å². The first-order chi connectivity index (χ1) is 10.0. The Morgan fingerprint density at radius 2 is 2.14 bits per heavy atom. The summed E-state index contributed by atoms with van der Waals surface area (Å²) in [5.74, 6) is 0. The van der Waals surface area contributed by atoms with Gasteiger partial charge in [-0.15, -0.1) is 10.2 Å². The van der Waals surface area contributed by atoms with E-state index in [1.807, 2.05) is 19.9 Å². The molecule has 21 heavy (non-hydrogen) atoms. The van der Waals surface area contributed by atoms with Gasteiger partial charge in [-0.05, 0) is 38.4 Å². The van der Waals surface area contributed by atoms with Crippen molar-refractivity contribution in [2.24, 2.45) is 0 Å². The van der Waals surface area contributed by atoms with Crippen molar-refractivity contribution in [2.45, 2.75) is 33.2 Å². The topological polar surface area (TPSA) is 81.0 Å². The number of non-ortho nitro benzene ring substituents is 1. The monoisotopic (exact) mass is 306 g/mol. The van der Waals surface area contributed by atoms with Gasteiger partial charge in [0.15, 0.2) is 0 Å². The fourth-order valence-corrected chi connectivity index (χ4v) is 2.82. The lowest BCUT2D eigenvalue weighted by atomic mass is 10.1. The van der Waals surface area contributed by atoms with Crippen LogP contribution in [0, 0.1) is 17.0 Å². The Hall–Kier alpha value is -1.86. The van der Waals surface area contributed by atoms with Crippen molar-refractivity contribution in [2.75, 3.05) is 6.54 Å². The number of aryl methyl sites for hydroxylation is 1. The molecule has 0 saturated carbocycles. The summed E-state index contributed by atoms with van der Waals surface area (Å²) in [6, 6.07) is 5.12. The van der Waals surface area contributed by atoms with E-state index in [4.69, 9.17) is 0 Å². The molecule has 0 bridgehead atoms. The van der Waals surface area contributed by atoms with Gasteiger partial charge >= 0.3 is 0 Å². The molecular weight excluding hydrogens is 288 g/mol. The van der Waals surface area contributed by atoms with Crippen LogP contribution in [-0.4, -0.2) is 21.7 Å². The molecule has 0 aliphatic rings. The number of nitro benzene ring substituents is 1. The lowest BCUT2D eigenvalue weighted by Gasteiger charge is -2.08. The first-order valence-electron chi connectivity index (χ1n) is 6.84. The number of hydrogen-bond donors (Lipinski definition) is 1. The minimum Gasteiger partial charge on any atom is -0.308 e. The van der Waals surface area contributed by atoms with Crippen molar-refractivity contribution < 1.29 is 4.92 Å². The van der Waals surface area contributed by atoms with Gasteiger partial charge in [0.2, 0.25) is 0 Å². The summed E-state index contributed by atoms with van der Waals surface area (Å²) in [4.78, 5) is 10.5. The van der Waals surface area contributed by atoms with Crippen LogP contribution in [0.2, 0.25) is 0 Å². The summed E-state index contributed by atoms with van der Waals surface area (Å²) < 4.78 is 0. The third kappa shape index (κ3) is 3.83. The second kappa shape index (κ2) is 6.73. The van der Waals surface area contributed by atoms with Gasteiger partial charge in [0.25, 0.3) is 5.69 Å². The number of rotatable bonds is 6. The third-order valence-electron chi connectivity index (χ3n) is 3.03. The molecule has 0 aliphatic carbocycles. The molecule has 0 spiro atoms. The standard InChI is InChI=1S/C14H18N4O2S/c1-4-5-15-10(3)13-16-17-14(21-13)11-6-9(2)7-12(8-11)18(19)20/h6-8,10,15H,4-5H2,1-3H3. The lowest BCUT2D eigenvalue weighted by Crippen LogP contribution is -2.18. The van der Waals surface area contributed by atoms with Gasteiger partial charge in [-0.2, -0.15) is 0 Å². The van der Waals surface area contributed by atoms with Crippen molar-refractivity contribution in [3.63, 3.8) is 0 Å². The predicted octanol–water partition coefficient (Wildman–Crippen LogP) is 3.48. The largest absolute Gasteiger partial charge is 0.308 e. The Morgan fingerprint density at radius 1 is 1.38 bits per heavy atom. The summed E-state index contributed by atoms with van der Waals surface area (Å²) in [6.45, 7) is 6.91. The summed E-state index contributed by atoms with van der Waals surface area (Å²) in [5.41, 5.74) is 1.67. The zero-order chi connectivity index (χ0) is 15.4. The Morgan fingerprint density at radius 3 is 2.81 bits per heavy atom. The maximum atomic E-state index is 10.9. The van der Waals surface area contributed by atoms with E-state index in [-0.39, 0.29) is 16.7 Å². The van der Waals surface area contributed by atoms with Crippen molar-refractivity contribution >= 4 is 17.0 Å². The predicted molar refractivity (Wildman–Crippen MR) is 83.4 cm³/mol. The Bertz CT molecular complexity index is 642. The van der Waals surface area contributed by atoms with Crippen molar-refractivity contribution in [1.29, 1.82) is 0 Å². The summed E-state index contributed by atoms with van der Waals surface area (Å²) in [5, 5.41) is 24.2. The summed E-state index contributed by atoms with van der Waals surface area (Å²) >= 11 is 1.47. The molecule has 7 heteroatoms. The first kappa shape index (κ1) is 15.5.